The van der Waals surface area contributed by atoms with Gasteiger partial charge >= 0.3 is 0 Å². The number of pyridine rings is 1. The molecule has 2 saturated heterocycles. The standard InChI is InChI=1S/C28H34N8O2/c1-3-34-12-14-35(15-13-34)21-6-4-20(5-7-21)31-28-30-19(2)23-18-24(25-8-11-29-33-25)27(37)36(26(23)32-28)22-9-16-38-17-10-22/h4-8,11,18,22H,3,9-10,12-17H2,1-2H3,(H,29,33)(H,30,31,32). The highest BCUT2D eigenvalue weighted by molar-refractivity contribution is 5.84. The zero-order chi connectivity index (χ0) is 26.1. The van der Waals surface area contributed by atoms with E-state index < -0.39 is 0 Å². The Balaban J connectivity index is 1.33. The Morgan fingerprint density at radius 1 is 1.05 bits per heavy atom. The maximum Gasteiger partial charge on any atom is 0.261 e. The van der Waals surface area contributed by atoms with Crippen LogP contribution < -0.4 is 15.8 Å². The van der Waals surface area contributed by atoms with E-state index in [1.54, 1.807) is 6.20 Å². The highest BCUT2D eigenvalue weighted by atomic mass is 16.5. The molecule has 0 spiro atoms. The van der Waals surface area contributed by atoms with Crippen molar-refractivity contribution in [2.45, 2.75) is 32.7 Å². The van der Waals surface area contributed by atoms with Gasteiger partial charge in [-0.15, -0.1) is 0 Å². The lowest BCUT2D eigenvalue weighted by molar-refractivity contribution is 0.0697. The quantitative estimate of drug-likeness (QED) is 0.401. The van der Waals surface area contributed by atoms with Gasteiger partial charge in [0.2, 0.25) is 5.95 Å². The van der Waals surface area contributed by atoms with E-state index in [1.165, 1.54) is 5.69 Å². The fourth-order valence-electron chi connectivity index (χ4n) is 5.49. The first-order chi connectivity index (χ1) is 18.6. The van der Waals surface area contributed by atoms with E-state index in [1.807, 2.05) is 23.6 Å². The molecule has 2 N–H and O–H groups in total. The third-order valence-electron chi connectivity index (χ3n) is 7.74. The predicted molar refractivity (Wildman–Crippen MR) is 149 cm³/mol. The fourth-order valence-corrected chi connectivity index (χ4v) is 5.49. The summed E-state index contributed by atoms with van der Waals surface area (Å²) in [6.45, 7) is 10.8. The Bertz CT molecular complexity index is 1450. The first kappa shape index (κ1) is 24.6. The van der Waals surface area contributed by atoms with Crippen LogP contribution in [0.4, 0.5) is 17.3 Å². The molecule has 3 aromatic heterocycles. The Morgan fingerprint density at radius 3 is 2.50 bits per heavy atom. The molecule has 10 heteroatoms. The van der Waals surface area contributed by atoms with Crippen LogP contribution in [0.1, 0.15) is 31.5 Å². The number of fused-ring (bicyclic) bond motifs is 1. The number of anilines is 3. The maximum atomic E-state index is 13.8. The first-order valence-corrected chi connectivity index (χ1v) is 13.5. The largest absolute Gasteiger partial charge is 0.381 e. The van der Waals surface area contributed by atoms with Crippen molar-refractivity contribution in [1.82, 2.24) is 29.6 Å². The second-order valence-corrected chi connectivity index (χ2v) is 10.0. The number of hydrogen-bond donors (Lipinski definition) is 2. The van der Waals surface area contributed by atoms with Gasteiger partial charge < -0.3 is 19.9 Å². The lowest BCUT2D eigenvalue weighted by Gasteiger charge is -2.35. The molecule has 0 atom stereocenters. The number of benzene rings is 1. The summed E-state index contributed by atoms with van der Waals surface area (Å²) in [5, 5.41) is 11.2. The summed E-state index contributed by atoms with van der Waals surface area (Å²) < 4.78 is 7.42. The molecule has 2 fully saturated rings. The lowest BCUT2D eigenvalue weighted by Crippen LogP contribution is -2.46. The van der Waals surface area contributed by atoms with E-state index in [4.69, 9.17) is 14.7 Å². The van der Waals surface area contributed by atoms with Gasteiger partial charge in [0, 0.05) is 68.4 Å². The van der Waals surface area contributed by atoms with Crippen molar-refractivity contribution in [1.29, 1.82) is 0 Å². The molecule has 5 heterocycles. The first-order valence-electron chi connectivity index (χ1n) is 13.5. The van der Waals surface area contributed by atoms with Crippen molar-refractivity contribution in [3.8, 4) is 11.3 Å². The van der Waals surface area contributed by atoms with Crippen LogP contribution in [0, 0.1) is 6.92 Å². The Hall–Kier alpha value is -3.76. The Labute approximate surface area is 221 Å². The molecule has 0 saturated carbocycles. The second kappa shape index (κ2) is 10.5. The van der Waals surface area contributed by atoms with Gasteiger partial charge in [-0.25, -0.2) is 4.98 Å². The summed E-state index contributed by atoms with van der Waals surface area (Å²) in [7, 11) is 0. The number of aromatic amines is 1. The minimum absolute atomic E-state index is 0.0104. The van der Waals surface area contributed by atoms with Gasteiger partial charge in [-0.3, -0.25) is 14.5 Å². The summed E-state index contributed by atoms with van der Waals surface area (Å²) in [6, 6.07) is 12.1. The van der Waals surface area contributed by atoms with E-state index in [2.05, 4.69) is 56.5 Å². The third-order valence-corrected chi connectivity index (χ3v) is 7.74. The van der Waals surface area contributed by atoms with E-state index >= 15 is 0 Å². The Kier molecular flexibility index (Phi) is 6.82. The number of hydrogen-bond acceptors (Lipinski definition) is 8. The molecule has 10 nitrogen and oxygen atoms in total. The summed E-state index contributed by atoms with van der Waals surface area (Å²) in [5.74, 6) is 0.480. The van der Waals surface area contributed by atoms with Crippen molar-refractivity contribution in [2.24, 2.45) is 0 Å². The summed E-state index contributed by atoms with van der Waals surface area (Å²) in [6.07, 6.45) is 3.19. The van der Waals surface area contributed by atoms with Crippen molar-refractivity contribution in [3.05, 3.63) is 58.6 Å². The molecule has 2 aliphatic heterocycles. The smallest absolute Gasteiger partial charge is 0.261 e. The number of H-pyrrole nitrogens is 1. The van der Waals surface area contributed by atoms with Gasteiger partial charge in [0.1, 0.15) is 5.65 Å². The van der Waals surface area contributed by atoms with Crippen LogP contribution in [0.15, 0.2) is 47.4 Å². The normalized spacial score (nSPS) is 17.3. The average molecular weight is 515 g/mol. The number of likely N-dealkylation sites (N-methyl/N-ethyl adjacent to an activating group) is 1. The van der Waals surface area contributed by atoms with Crippen LogP contribution in [0.25, 0.3) is 22.3 Å². The molecule has 0 radical (unpaired) electrons. The van der Waals surface area contributed by atoms with Crippen molar-refractivity contribution in [3.63, 3.8) is 0 Å². The molecule has 0 unspecified atom stereocenters. The monoisotopic (exact) mass is 514 g/mol. The number of nitrogens with one attached hydrogen (secondary N) is 2. The molecule has 38 heavy (non-hydrogen) atoms. The molecule has 4 aromatic rings. The van der Waals surface area contributed by atoms with Gasteiger partial charge in [0.05, 0.1) is 17.0 Å². The van der Waals surface area contributed by atoms with Gasteiger partial charge in [-0.1, -0.05) is 6.92 Å². The van der Waals surface area contributed by atoms with Crippen LogP contribution in [-0.4, -0.2) is 75.6 Å². The van der Waals surface area contributed by atoms with Crippen molar-refractivity contribution in [2.75, 3.05) is 56.2 Å². The molecule has 198 valence electrons. The molecule has 6 rings (SSSR count). The van der Waals surface area contributed by atoms with Gasteiger partial charge in [-0.05, 0) is 62.7 Å². The zero-order valence-corrected chi connectivity index (χ0v) is 22.0. The van der Waals surface area contributed by atoms with E-state index in [9.17, 15) is 4.79 Å². The van der Waals surface area contributed by atoms with Crippen LogP contribution in [0.5, 0.6) is 0 Å². The SMILES string of the molecule is CCN1CCN(c2ccc(Nc3nc(C)c4cc(-c5ccn[nH]5)c(=O)n(C5CCOCC5)c4n3)cc2)CC1. The minimum atomic E-state index is -0.0785. The molecule has 0 aliphatic carbocycles. The van der Waals surface area contributed by atoms with Crippen molar-refractivity contribution < 1.29 is 4.74 Å². The third kappa shape index (κ3) is 4.77. The van der Waals surface area contributed by atoms with E-state index in [0.717, 1.165) is 62.3 Å². The van der Waals surface area contributed by atoms with Crippen LogP contribution in [-0.2, 0) is 4.74 Å². The molecular weight excluding hydrogens is 480 g/mol. The Morgan fingerprint density at radius 2 is 1.82 bits per heavy atom. The van der Waals surface area contributed by atoms with E-state index in [-0.39, 0.29) is 11.6 Å². The van der Waals surface area contributed by atoms with E-state index in [0.29, 0.717) is 36.1 Å². The average Bonchev–Trinajstić information content (AvgIpc) is 3.49. The highest BCUT2D eigenvalue weighted by Crippen LogP contribution is 2.29. The number of nitrogens with zero attached hydrogens (tertiary/aromatic N) is 6. The molecular formula is C28H34N8O2. The molecule has 0 bridgehead atoms. The predicted octanol–water partition coefficient (Wildman–Crippen LogP) is 3.73. The topological polar surface area (TPSA) is 104 Å². The zero-order valence-electron chi connectivity index (χ0n) is 22.0. The molecule has 1 aromatic carbocycles. The summed E-state index contributed by atoms with van der Waals surface area (Å²) >= 11 is 0. The maximum absolute atomic E-state index is 13.8. The second-order valence-electron chi connectivity index (χ2n) is 10.0. The number of rotatable bonds is 6. The summed E-state index contributed by atoms with van der Waals surface area (Å²) in [5.41, 5.74) is 4.77. The van der Waals surface area contributed by atoms with Crippen LogP contribution in [0.2, 0.25) is 0 Å². The number of aromatic nitrogens is 5. The van der Waals surface area contributed by atoms with Gasteiger partial charge in [0.15, 0.2) is 0 Å². The van der Waals surface area contributed by atoms with Gasteiger partial charge in [0.25, 0.3) is 5.56 Å². The molecule has 2 aliphatic rings. The number of ether oxygens (including phenoxy) is 1. The fraction of sp³-hybridized carbons (Fsp3) is 0.429. The lowest BCUT2D eigenvalue weighted by atomic mass is 10.1. The highest BCUT2D eigenvalue weighted by Gasteiger charge is 2.24. The minimum Gasteiger partial charge on any atom is -0.381 e. The van der Waals surface area contributed by atoms with Crippen molar-refractivity contribution >= 4 is 28.4 Å². The van der Waals surface area contributed by atoms with Crippen LogP contribution >= 0.6 is 0 Å². The van der Waals surface area contributed by atoms with Gasteiger partial charge in [-0.2, -0.15) is 10.1 Å². The molecule has 0 amide bonds. The number of aryl methyl sites for hydroxylation is 1. The number of piperazine rings is 1. The van der Waals surface area contributed by atoms with Crippen LogP contribution in [0.3, 0.4) is 0 Å². The summed E-state index contributed by atoms with van der Waals surface area (Å²) in [4.78, 5) is 28.3.